The highest BCUT2D eigenvalue weighted by molar-refractivity contribution is 7.91. The van der Waals surface area contributed by atoms with Gasteiger partial charge in [0, 0.05) is 18.7 Å². The van der Waals surface area contributed by atoms with Gasteiger partial charge in [0.1, 0.15) is 0 Å². The zero-order valence-electron chi connectivity index (χ0n) is 10.4. The number of H-pyrrole nitrogens is 1. The number of unbranched alkanes of at least 4 members (excludes halogenated alkanes) is 2. The summed E-state index contributed by atoms with van der Waals surface area (Å²) in [5.41, 5.74) is 0.327. The van der Waals surface area contributed by atoms with Crippen LogP contribution in [0, 0.1) is 6.92 Å². The number of hydrogen-bond donors (Lipinski definition) is 3. The number of aromatic nitrogens is 1. The second-order valence-electron chi connectivity index (χ2n) is 4.03. The SMILES string of the molecule is Cc1[nH]c(=O)sc1S(=O)(=O)NCCCCCC(=O)O. The minimum absolute atomic E-state index is 0.00281. The summed E-state index contributed by atoms with van der Waals surface area (Å²) in [7, 11) is -3.65. The van der Waals surface area contributed by atoms with Crippen LogP contribution in [0.5, 0.6) is 0 Å². The van der Waals surface area contributed by atoms with E-state index in [0.717, 1.165) is 0 Å². The molecule has 1 heterocycles. The Hall–Kier alpha value is -1.19. The lowest BCUT2D eigenvalue weighted by atomic mass is 10.2. The maximum atomic E-state index is 11.9. The molecule has 19 heavy (non-hydrogen) atoms. The van der Waals surface area contributed by atoms with E-state index in [1.165, 1.54) is 6.92 Å². The Bertz CT molecular complexity index is 587. The number of nitrogens with one attached hydrogen (secondary N) is 2. The number of hydrogen-bond acceptors (Lipinski definition) is 5. The topological polar surface area (TPSA) is 116 Å². The molecule has 0 unspecified atom stereocenters. The molecule has 0 aromatic carbocycles. The molecule has 0 fully saturated rings. The number of carboxylic acids is 1. The molecule has 0 saturated heterocycles. The third-order valence-electron chi connectivity index (χ3n) is 2.38. The van der Waals surface area contributed by atoms with Gasteiger partial charge in [-0.2, -0.15) is 0 Å². The average molecular weight is 308 g/mol. The van der Waals surface area contributed by atoms with Crippen molar-refractivity contribution in [3.63, 3.8) is 0 Å². The Morgan fingerprint density at radius 2 is 2.05 bits per heavy atom. The summed E-state index contributed by atoms with van der Waals surface area (Å²) in [6.07, 6.45) is 1.81. The first-order valence-corrected chi connectivity index (χ1v) is 8.04. The molecule has 0 saturated carbocycles. The van der Waals surface area contributed by atoms with Gasteiger partial charge in [0.05, 0.1) is 0 Å². The summed E-state index contributed by atoms with van der Waals surface area (Å²) < 4.78 is 26.1. The number of rotatable bonds is 8. The van der Waals surface area contributed by atoms with E-state index >= 15 is 0 Å². The minimum atomic E-state index is -3.65. The maximum absolute atomic E-state index is 11.9. The minimum Gasteiger partial charge on any atom is -0.481 e. The van der Waals surface area contributed by atoms with Gasteiger partial charge in [-0.25, -0.2) is 13.1 Å². The molecule has 1 aromatic heterocycles. The van der Waals surface area contributed by atoms with Gasteiger partial charge in [0.15, 0.2) is 4.21 Å². The number of carbonyl (C=O) groups is 1. The zero-order chi connectivity index (χ0) is 14.5. The number of carboxylic acid groups (broad SMARTS) is 1. The number of aryl methyl sites for hydroxylation is 1. The summed E-state index contributed by atoms with van der Waals surface area (Å²) in [6, 6.07) is 0. The standard InChI is InChI=1S/C10H16N2O5S2/c1-7-9(18-10(15)12-7)19(16,17)11-6-4-2-3-5-8(13)14/h11H,2-6H2,1H3,(H,12,15)(H,13,14). The van der Waals surface area contributed by atoms with Gasteiger partial charge in [-0.05, 0) is 19.8 Å². The number of thiazole rings is 1. The normalized spacial score (nSPS) is 11.6. The van der Waals surface area contributed by atoms with E-state index in [9.17, 15) is 18.0 Å². The van der Waals surface area contributed by atoms with E-state index in [1.54, 1.807) is 0 Å². The lowest BCUT2D eigenvalue weighted by molar-refractivity contribution is -0.137. The van der Waals surface area contributed by atoms with E-state index < -0.39 is 20.9 Å². The summed E-state index contributed by atoms with van der Waals surface area (Å²) in [6.45, 7) is 1.76. The largest absolute Gasteiger partial charge is 0.481 e. The van der Waals surface area contributed by atoms with Crippen molar-refractivity contribution in [1.82, 2.24) is 9.71 Å². The third-order valence-corrected chi connectivity index (χ3v) is 5.45. The molecule has 0 atom stereocenters. The van der Waals surface area contributed by atoms with Gasteiger partial charge < -0.3 is 10.1 Å². The highest BCUT2D eigenvalue weighted by atomic mass is 32.2. The fraction of sp³-hybridized carbons (Fsp3) is 0.600. The Balaban J connectivity index is 2.42. The van der Waals surface area contributed by atoms with Crippen molar-refractivity contribution in [3.05, 3.63) is 15.4 Å². The Kier molecular flexibility index (Phi) is 5.70. The Morgan fingerprint density at radius 1 is 1.37 bits per heavy atom. The van der Waals surface area contributed by atoms with Gasteiger partial charge >= 0.3 is 10.8 Å². The predicted octanol–water partition coefficient (Wildman–Crippen LogP) is 0.668. The van der Waals surface area contributed by atoms with E-state index in [4.69, 9.17) is 5.11 Å². The number of aliphatic carboxylic acids is 1. The van der Waals surface area contributed by atoms with E-state index in [0.29, 0.717) is 36.3 Å². The lowest BCUT2D eigenvalue weighted by Gasteiger charge is -2.04. The molecule has 108 valence electrons. The molecule has 0 aliphatic carbocycles. The average Bonchev–Trinajstić information content (AvgIpc) is 2.63. The van der Waals surface area contributed by atoms with Crippen LogP contribution < -0.4 is 9.60 Å². The van der Waals surface area contributed by atoms with Gasteiger partial charge in [-0.15, -0.1) is 0 Å². The van der Waals surface area contributed by atoms with Crippen molar-refractivity contribution in [3.8, 4) is 0 Å². The molecule has 0 aliphatic heterocycles. The molecule has 9 heteroatoms. The van der Waals surface area contributed by atoms with Crippen molar-refractivity contribution in [1.29, 1.82) is 0 Å². The molecule has 1 rings (SSSR count). The second-order valence-corrected chi connectivity index (χ2v) is 6.97. The lowest BCUT2D eigenvalue weighted by Crippen LogP contribution is -2.24. The molecule has 0 spiro atoms. The quantitative estimate of drug-likeness (QED) is 0.610. The number of aromatic amines is 1. The van der Waals surface area contributed by atoms with Crippen LogP contribution in [0.25, 0.3) is 0 Å². The van der Waals surface area contributed by atoms with Crippen LogP contribution in [0.2, 0.25) is 0 Å². The van der Waals surface area contributed by atoms with Crippen molar-refractivity contribution < 1.29 is 18.3 Å². The summed E-state index contributed by atoms with van der Waals surface area (Å²) in [4.78, 5) is 23.3. The molecule has 3 N–H and O–H groups in total. The summed E-state index contributed by atoms with van der Waals surface area (Å²) in [5, 5.41) is 8.44. The Labute approximate surface area is 114 Å². The molecule has 0 radical (unpaired) electrons. The van der Waals surface area contributed by atoms with Crippen molar-refractivity contribution in [2.45, 2.75) is 36.8 Å². The van der Waals surface area contributed by atoms with Crippen molar-refractivity contribution >= 4 is 27.3 Å². The second kappa shape index (κ2) is 6.83. The summed E-state index contributed by atoms with van der Waals surface area (Å²) >= 11 is 0.654. The highest BCUT2D eigenvalue weighted by Gasteiger charge is 2.19. The molecule has 0 amide bonds. The molecular weight excluding hydrogens is 292 g/mol. The van der Waals surface area contributed by atoms with Crippen LogP contribution in [-0.2, 0) is 14.8 Å². The third kappa shape index (κ3) is 5.13. The first-order chi connectivity index (χ1) is 8.83. The Morgan fingerprint density at radius 3 is 2.58 bits per heavy atom. The fourth-order valence-corrected chi connectivity index (χ4v) is 3.91. The summed E-state index contributed by atoms with van der Waals surface area (Å²) in [5.74, 6) is -0.853. The highest BCUT2D eigenvalue weighted by Crippen LogP contribution is 2.15. The molecule has 7 nitrogen and oxygen atoms in total. The van der Waals surface area contributed by atoms with E-state index in [-0.39, 0.29) is 17.2 Å². The maximum Gasteiger partial charge on any atom is 0.305 e. The zero-order valence-corrected chi connectivity index (χ0v) is 12.1. The van der Waals surface area contributed by atoms with Crippen molar-refractivity contribution in [2.24, 2.45) is 0 Å². The first-order valence-electron chi connectivity index (χ1n) is 5.74. The molecular formula is C10H16N2O5S2. The van der Waals surface area contributed by atoms with Crippen LogP contribution in [-0.4, -0.2) is 31.0 Å². The molecule has 1 aromatic rings. The van der Waals surface area contributed by atoms with Gasteiger partial charge in [0.2, 0.25) is 0 Å². The number of sulfonamides is 1. The van der Waals surface area contributed by atoms with Gasteiger partial charge in [-0.1, -0.05) is 17.8 Å². The van der Waals surface area contributed by atoms with E-state index in [1.807, 2.05) is 0 Å². The smallest absolute Gasteiger partial charge is 0.305 e. The van der Waals surface area contributed by atoms with Crippen molar-refractivity contribution in [2.75, 3.05) is 6.54 Å². The monoisotopic (exact) mass is 308 g/mol. The fourth-order valence-electron chi connectivity index (χ4n) is 1.50. The van der Waals surface area contributed by atoms with E-state index in [2.05, 4.69) is 9.71 Å². The van der Waals surface area contributed by atoms with Crippen LogP contribution in [0.4, 0.5) is 0 Å². The van der Waals surface area contributed by atoms with Crippen LogP contribution >= 0.6 is 11.3 Å². The first kappa shape index (κ1) is 15.9. The van der Waals surface area contributed by atoms with Crippen LogP contribution in [0.15, 0.2) is 9.00 Å². The van der Waals surface area contributed by atoms with Gasteiger partial charge in [0.25, 0.3) is 10.0 Å². The molecule has 0 aliphatic rings. The van der Waals surface area contributed by atoms with Gasteiger partial charge in [-0.3, -0.25) is 9.59 Å². The molecule has 0 bridgehead atoms. The van der Waals surface area contributed by atoms with Crippen LogP contribution in [0.3, 0.4) is 0 Å². The predicted molar refractivity (Wildman–Crippen MR) is 71.0 cm³/mol. The van der Waals surface area contributed by atoms with Crippen LogP contribution in [0.1, 0.15) is 31.4 Å².